The van der Waals surface area contributed by atoms with Crippen molar-refractivity contribution in [3.05, 3.63) is 11.6 Å². The van der Waals surface area contributed by atoms with Crippen LogP contribution in [-0.4, -0.2) is 17.0 Å². The van der Waals surface area contributed by atoms with Gasteiger partial charge in [0.15, 0.2) is 5.78 Å². The monoisotopic (exact) mass is 400 g/mol. The first kappa shape index (κ1) is 21.6. The van der Waals surface area contributed by atoms with Crippen molar-refractivity contribution in [3.8, 4) is 0 Å². The van der Waals surface area contributed by atoms with E-state index in [2.05, 4.69) is 34.6 Å². The fourth-order valence-electron chi connectivity index (χ4n) is 8.56. The molecule has 0 spiro atoms. The zero-order valence-corrected chi connectivity index (χ0v) is 19.5. The summed E-state index contributed by atoms with van der Waals surface area (Å²) in [5.74, 6) is 4.77. The Labute approximate surface area is 178 Å². The third-order valence-electron chi connectivity index (χ3n) is 10.1. The van der Waals surface area contributed by atoms with Gasteiger partial charge in [-0.15, -0.1) is 0 Å². The van der Waals surface area contributed by atoms with Crippen molar-refractivity contribution >= 4 is 5.78 Å². The number of Topliss-reactive ketones (excluding diaryl/α,β-unsaturated/α-hetero) is 1. The standard InChI is InChI=1S/C27H44O2/c1-17(2)7-6-8-18(3)21-9-10-22-20-16-25(29)24-15-19(28)11-13-27(24,5)23(20)12-14-26(21,22)4/h15,17-23,28H,6-14,16H2,1-5H3. The summed E-state index contributed by atoms with van der Waals surface area (Å²) in [6.45, 7) is 12.1. The molecule has 164 valence electrons. The number of ketones is 1. The second-order valence-corrected chi connectivity index (χ2v) is 12.1. The number of hydrogen-bond acceptors (Lipinski definition) is 2. The largest absolute Gasteiger partial charge is 0.389 e. The fourth-order valence-corrected chi connectivity index (χ4v) is 8.56. The summed E-state index contributed by atoms with van der Waals surface area (Å²) in [4.78, 5) is 13.2. The molecule has 4 rings (SSSR count). The van der Waals surface area contributed by atoms with Crippen LogP contribution in [0.1, 0.15) is 98.8 Å². The Morgan fingerprint density at radius 1 is 1.03 bits per heavy atom. The number of aliphatic hydroxyl groups is 1. The van der Waals surface area contributed by atoms with Gasteiger partial charge in [0.2, 0.25) is 0 Å². The maximum Gasteiger partial charge on any atom is 0.159 e. The topological polar surface area (TPSA) is 37.3 Å². The molecule has 0 aromatic rings. The molecular formula is C27H44O2. The maximum atomic E-state index is 13.2. The molecule has 0 saturated heterocycles. The van der Waals surface area contributed by atoms with Gasteiger partial charge < -0.3 is 5.11 Å². The Balaban J connectivity index is 1.53. The van der Waals surface area contributed by atoms with E-state index in [0.29, 0.717) is 23.0 Å². The van der Waals surface area contributed by atoms with E-state index in [4.69, 9.17) is 0 Å². The summed E-state index contributed by atoms with van der Waals surface area (Å²) in [5.41, 5.74) is 1.43. The van der Waals surface area contributed by atoms with Gasteiger partial charge in [0.25, 0.3) is 0 Å². The van der Waals surface area contributed by atoms with Crippen LogP contribution in [0.5, 0.6) is 0 Å². The summed E-state index contributed by atoms with van der Waals surface area (Å²) in [6, 6.07) is 0. The highest BCUT2D eigenvalue weighted by atomic mass is 16.3. The highest BCUT2D eigenvalue weighted by Crippen LogP contribution is 2.67. The van der Waals surface area contributed by atoms with Gasteiger partial charge in [-0.25, -0.2) is 0 Å². The van der Waals surface area contributed by atoms with Crippen LogP contribution in [0.25, 0.3) is 0 Å². The van der Waals surface area contributed by atoms with E-state index in [9.17, 15) is 9.90 Å². The predicted molar refractivity (Wildman–Crippen MR) is 119 cm³/mol. The van der Waals surface area contributed by atoms with Gasteiger partial charge >= 0.3 is 0 Å². The van der Waals surface area contributed by atoms with Crippen molar-refractivity contribution in [3.63, 3.8) is 0 Å². The second kappa shape index (κ2) is 7.81. The van der Waals surface area contributed by atoms with E-state index in [0.717, 1.165) is 48.5 Å². The molecule has 0 bridgehead atoms. The zero-order chi connectivity index (χ0) is 21.0. The second-order valence-electron chi connectivity index (χ2n) is 12.1. The average Bonchev–Trinajstić information content (AvgIpc) is 3.00. The summed E-state index contributed by atoms with van der Waals surface area (Å²) in [6.07, 6.45) is 13.5. The summed E-state index contributed by atoms with van der Waals surface area (Å²) < 4.78 is 0. The van der Waals surface area contributed by atoms with Crippen molar-refractivity contribution in [1.29, 1.82) is 0 Å². The summed E-state index contributed by atoms with van der Waals surface area (Å²) in [5, 5.41) is 10.1. The summed E-state index contributed by atoms with van der Waals surface area (Å²) >= 11 is 0. The predicted octanol–water partition coefficient (Wildman–Crippen LogP) is 6.57. The van der Waals surface area contributed by atoms with Crippen LogP contribution in [0.15, 0.2) is 11.6 Å². The van der Waals surface area contributed by atoms with Crippen LogP contribution in [0.4, 0.5) is 0 Å². The number of aliphatic hydroxyl groups excluding tert-OH is 1. The number of rotatable bonds is 5. The van der Waals surface area contributed by atoms with Crippen LogP contribution in [-0.2, 0) is 4.79 Å². The SMILES string of the molecule is CC(C)CCCC(C)C1CCC2C3CC(=O)C4=CC(O)CCC4(C)C3CCC12C. The van der Waals surface area contributed by atoms with E-state index in [-0.39, 0.29) is 5.41 Å². The van der Waals surface area contributed by atoms with E-state index in [1.54, 1.807) is 0 Å². The van der Waals surface area contributed by atoms with Crippen LogP contribution in [0.2, 0.25) is 0 Å². The molecule has 2 heteroatoms. The lowest BCUT2D eigenvalue weighted by Gasteiger charge is -2.58. The van der Waals surface area contributed by atoms with Crippen LogP contribution in [0, 0.1) is 46.3 Å². The van der Waals surface area contributed by atoms with Crippen molar-refractivity contribution in [2.75, 3.05) is 0 Å². The van der Waals surface area contributed by atoms with E-state index in [1.165, 1.54) is 44.9 Å². The molecular weight excluding hydrogens is 356 g/mol. The normalized spacial score (nSPS) is 45.4. The molecule has 8 atom stereocenters. The van der Waals surface area contributed by atoms with Gasteiger partial charge in [0.1, 0.15) is 0 Å². The molecule has 0 aliphatic heterocycles. The lowest BCUT2D eigenvalue weighted by atomic mass is 9.46. The first-order valence-electron chi connectivity index (χ1n) is 12.6. The minimum Gasteiger partial charge on any atom is -0.389 e. The van der Waals surface area contributed by atoms with Gasteiger partial charge in [-0.1, -0.05) is 53.9 Å². The first-order chi connectivity index (χ1) is 13.7. The van der Waals surface area contributed by atoms with Crippen molar-refractivity contribution in [1.82, 2.24) is 0 Å². The number of carbonyl (C=O) groups excluding carboxylic acids is 1. The first-order valence-corrected chi connectivity index (χ1v) is 12.6. The molecule has 2 nitrogen and oxygen atoms in total. The van der Waals surface area contributed by atoms with E-state index < -0.39 is 6.10 Å². The summed E-state index contributed by atoms with van der Waals surface area (Å²) in [7, 11) is 0. The quantitative estimate of drug-likeness (QED) is 0.567. The average molecular weight is 401 g/mol. The molecule has 3 saturated carbocycles. The van der Waals surface area contributed by atoms with Gasteiger partial charge in [0.05, 0.1) is 6.10 Å². The van der Waals surface area contributed by atoms with Crippen LogP contribution in [0.3, 0.4) is 0 Å². The Morgan fingerprint density at radius 3 is 2.52 bits per heavy atom. The van der Waals surface area contributed by atoms with Gasteiger partial charge in [-0.2, -0.15) is 0 Å². The Kier molecular flexibility index (Phi) is 5.82. The Hall–Kier alpha value is -0.630. The molecule has 0 heterocycles. The number of fused-ring (bicyclic) bond motifs is 5. The molecule has 0 amide bonds. The number of allylic oxidation sites excluding steroid dienone is 1. The van der Waals surface area contributed by atoms with Crippen molar-refractivity contribution in [2.45, 2.75) is 105 Å². The molecule has 29 heavy (non-hydrogen) atoms. The van der Waals surface area contributed by atoms with Crippen LogP contribution >= 0.6 is 0 Å². The number of hydrogen-bond donors (Lipinski definition) is 1. The van der Waals surface area contributed by atoms with Gasteiger partial charge in [-0.3, -0.25) is 4.79 Å². The lowest BCUT2D eigenvalue weighted by Crippen LogP contribution is -2.53. The molecule has 1 N–H and O–H groups in total. The molecule has 0 aromatic heterocycles. The van der Waals surface area contributed by atoms with Gasteiger partial charge in [-0.05, 0) is 96.5 Å². The van der Waals surface area contributed by atoms with E-state index >= 15 is 0 Å². The number of carbonyl (C=O) groups is 1. The molecule has 4 aliphatic carbocycles. The van der Waals surface area contributed by atoms with E-state index in [1.807, 2.05) is 6.08 Å². The van der Waals surface area contributed by atoms with Crippen molar-refractivity contribution in [2.24, 2.45) is 46.3 Å². The zero-order valence-electron chi connectivity index (χ0n) is 19.5. The smallest absolute Gasteiger partial charge is 0.159 e. The highest BCUT2D eigenvalue weighted by molar-refractivity contribution is 5.98. The third-order valence-corrected chi connectivity index (χ3v) is 10.1. The highest BCUT2D eigenvalue weighted by Gasteiger charge is 2.60. The minimum absolute atomic E-state index is 0.0154. The lowest BCUT2D eigenvalue weighted by molar-refractivity contribution is -0.129. The molecule has 0 aromatic carbocycles. The maximum absolute atomic E-state index is 13.2. The van der Waals surface area contributed by atoms with Crippen molar-refractivity contribution < 1.29 is 9.90 Å². The third kappa shape index (κ3) is 3.56. The molecule has 0 radical (unpaired) electrons. The molecule has 8 unspecified atom stereocenters. The molecule has 4 aliphatic rings. The molecule has 3 fully saturated rings. The van der Waals surface area contributed by atoms with Gasteiger partial charge in [0, 0.05) is 6.42 Å². The van der Waals surface area contributed by atoms with Crippen LogP contribution < -0.4 is 0 Å². The Bertz CT molecular complexity index is 663. The minimum atomic E-state index is -0.407. The Morgan fingerprint density at radius 2 is 1.79 bits per heavy atom. The fraction of sp³-hybridized carbons (Fsp3) is 0.889.